The van der Waals surface area contributed by atoms with Crippen LogP contribution in [0.25, 0.3) is 11.8 Å². The van der Waals surface area contributed by atoms with Crippen LogP contribution in [0.4, 0.5) is 10.1 Å². The van der Waals surface area contributed by atoms with Crippen LogP contribution in [0, 0.1) is 31.0 Å². The van der Waals surface area contributed by atoms with Crippen molar-refractivity contribution in [3.63, 3.8) is 0 Å². The Morgan fingerprint density at radius 1 is 1.06 bits per heavy atom. The molecule has 0 atom stereocenters. The molecule has 4 rings (SSSR count). The summed E-state index contributed by atoms with van der Waals surface area (Å²) in [6.07, 6.45) is 8.12. The van der Waals surface area contributed by atoms with Crippen molar-refractivity contribution < 1.29 is 9.18 Å². The number of aromatic nitrogens is 1. The van der Waals surface area contributed by atoms with E-state index in [1.807, 2.05) is 26.0 Å². The van der Waals surface area contributed by atoms with Gasteiger partial charge in [0.2, 0.25) is 0 Å². The van der Waals surface area contributed by atoms with Crippen LogP contribution in [0.3, 0.4) is 0 Å². The van der Waals surface area contributed by atoms with Gasteiger partial charge in [0.1, 0.15) is 17.5 Å². The lowest BCUT2D eigenvalue weighted by Crippen LogP contribution is -2.13. The predicted octanol–water partition coefficient (Wildman–Crippen LogP) is 6.83. The third-order valence-electron chi connectivity index (χ3n) is 6.47. The minimum atomic E-state index is -0.522. The summed E-state index contributed by atoms with van der Waals surface area (Å²) >= 11 is 0. The minimum Gasteiger partial charge on any atom is -0.321 e. The molecule has 1 aromatic heterocycles. The Kier molecular flexibility index (Phi) is 6.74. The van der Waals surface area contributed by atoms with Crippen LogP contribution in [0.5, 0.6) is 0 Å². The maximum absolute atomic E-state index is 13.1. The van der Waals surface area contributed by atoms with E-state index < -0.39 is 5.91 Å². The number of hydrogen-bond donors (Lipinski definition) is 1. The molecule has 1 aliphatic rings. The molecule has 0 bridgehead atoms. The van der Waals surface area contributed by atoms with Gasteiger partial charge in [-0.15, -0.1) is 0 Å². The van der Waals surface area contributed by atoms with Gasteiger partial charge in [0.05, 0.1) is 0 Å². The standard InChI is InChI=1S/C28H28FN3O/c1-19-16-23(17-24(18-30)28(33)31-26-12-10-25(29)11-13-26)20(2)32(19)27-14-8-22(9-15-27)21-6-4-3-5-7-21/h8-17,21H,3-7H2,1-2H3,(H,31,33)/b24-17+. The van der Waals surface area contributed by atoms with Crippen molar-refractivity contribution in [2.24, 2.45) is 0 Å². The molecule has 168 valence electrons. The topological polar surface area (TPSA) is 57.8 Å². The molecule has 1 fully saturated rings. The number of aryl methyl sites for hydroxylation is 1. The van der Waals surface area contributed by atoms with E-state index in [4.69, 9.17) is 0 Å². The maximum atomic E-state index is 13.1. The number of nitriles is 1. The fraction of sp³-hybridized carbons (Fsp3) is 0.286. The van der Waals surface area contributed by atoms with Gasteiger partial charge in [-0.2, -0.15) is 5.26 Å². The van der Waals surface area contributed by atoms with Gasteiger partial charge < -0.3 is 9.88 Å². The predicted molar refractivity (Wildman–Crippen MR) is 130 cm³/mol. The van der Waals surface area contributed by atoms with Crippen molar-refractivity contribution in [1.29, 1.82) is 5.26 Å². The van der Waals surface area contributed by atoms with Gasteiger partial charge in [0, 0.05) is 22.8 Å². The smallest absolute Gasteiger partial charge is 0.266 e. The van der Waals surface area contributed by atoms with E-state index in [0.717, 1.165) is 22.6 Å². The first-order valence-electron chi connectivity index (χ1n) is 11.4. The summed E-state index contributed by atoms with van der Waals surface area (Å²) in [6.45, 7) is 4.00. The zero-order valence-electron chi connectivity index (χ0n) is 19.1. The number of rotatable bonds is 5. The fourth-order valence-electron chi connectivity index (χ4n) is 4.70. The first-order chi connectivity index (χ1) is 16.0. The zero-order valence-corrected chi connectivity index (χ0v) is 19.1. The summed E-state index contributed by atoms with van der Waals surface area (Å²) in [5.74, 6) is -0.245. The average Bonchev–Trinajstić information content (AvgIpc) is 3.12. The van der Waals surface area contributed by atoms with Crippen molar-refractivity contribution in [2.45, 2.75) is 51.9 Å². The zero-order chi connectivity index (χ0) is 23.4. The second kappa shape index (κ2) is 9.87. The first kappa shape index (κ1) is 22.5. The number of carbonyl (C=O) groups is 1. The Morgan fingerprint density at radius 3 is 2.36 bits per heavy atom. The molecule has 0 unspecified atom stereocenters. The molecule has 0 aliphatic heterocycles. The van der Waals surface area contributed by atoms with Gasteiger partial charge in [-0.1, -0.05) is 31.4 Å². The molecule has 1 amide bonds. The van der Waals surface area contributed by atoms with Gasteiger partial charge in [0.15, 0.2) is 0 Å². The molecule has 5 heteroatoms. The SMILES string of the molecule is Cc1cc(/C=C(\C#N)C(=O)Nc2ccc(F)cc2)c(C)n1-c1ccc(C2CCCCC2)cc1. The Balaban J connectivity index is 1.57. The van der Waals surface area contributed by atoms with Crippen molar-refractivity contribution in [2.75, 3.05) is 5.32 Å². The summed E-state index contributed by atoms with van der Waals surface area (Å²) in [5, 5.41) is 12.2. The highest BCUT2D eigenvalue weighted by atomic mass is 19.1. The van der Waals surface area contributed by atoms with E-state index in [1.54, 1.807) is 6.08 Å². The summed E-state index contributed by atoms with van der Waals surface area (Å²) in [5.41, 5.74) is 5.71. The Bertz CT molecular complexity index is 1210. The number of amides is 1. The quantitative estimate of drug-likeness (QED) is 0.349. The molecule has 1 N–H and O–H groups in total. The minimum absolute atomic E-state index is 0.00720. The number of benzene rings is 2. The molecular weight excluding hydrogens is 413 g/mol. The van der Waals surface area contributed by atoms with Gasteiger partial charge in [-0.3, -0.25) is 4.79 Å². The molecule has 1 heterocycles. The van der Waals surface area contributed by atoms with E-state index in [-0.39, 0.29) is 11.4 Å². The van der Waals surface area contributed by atoms with E-state index in [0.29, 0.717) is 11.6 Å². The Labute approximate surface area is 194 Å². The third kappa shape index (κ3) is 5.06. The monoisotopic (exact) mass is 441 g/mol. The number of hydrogen-bond acceptors (Lipinski definition) is 2. The normalized spacial score (nSPS) is 14.7. The highest BCUT2D eigenvalue weighted by Crippen LogP contribution is 2.33. The van der Waals surface area contributed by atoms with Gasteiger partial charge >= 0.3 is 0 Å². The second-order valence-electron chi connectivity index (χ2n) is 8.72. The molecule has 4 nitrogen and oxygen atoms in total. The number of nitrogens with zero attached hydrogens (tertiary/aromatic N) is 2. The van der Waals surface area contributed by atoms with Crippen LogP contribution in [0.2, 0.25) is 0 Å². The van der Waals surface area contributed by atoms with Crippen molar-refractivity contribution in [1.82, 2.24) is 4.57 Å². The van der Waals surface area contributed by atoms with Gasteiger partial charge in [0.25, 0.3) is 5.91 Å². The van der Waals surface area contributed by atoms with E-state index >= 15 is 0 Å². The summed E-state index contributed by atoms with van der Waals surface area (Å²) in [4.78, 5) is 12.6. The molecule has 2 aromatic carbocycles. The molecule has 1 aliphatic carbocycles. The first-order valence-corrected chi connectivity index (χ1v) is 11.4. The van der Waals surface area contributed by atoms with Crippen LogP contribution < -0.4 is 5.32 Å². The molecule has 0 saturated heterocycles. The van der Waals surface area contributed by atoms with E-state index in [2.05, 4.69) is 34.1 Å². The Hall–Kier alpha value is -3.65. The lowest BCUT2D eigenvalue weighted by atomic mass is 9.84. The van der Waals surface area contributed by atoms with Crippen LogP contribution >= 0.6 is 0 Å². The number of anilines is 1. The van der Waals surface area contributed by atoms with Crippen molar-refractivity contribution in [3.8, 4) is 11.8 Å². The number of halogens is 1. The maximum Gasteiger partial charge on any atom is 0.266 e. The van der Waals surface area contributed by atoms with Crippen LogP contribution in [0.1, 0.15) is 60.5 Å². The highest BCUT2D eigenvalue weighted by Gasteiger charge is 2.17. The lowest BCUT2D eigenvalue weighted by molar-refractivity contribution is -0.112. The van der Waals surface area contributed by atoms with E-state index in [9.17, 15) is 14.4 Å². The molecular formula is C28H28FN3O. The summed E-state index contributed by atoms with van der Waals surface area (Å²) in [6, 6.07) is 18.2. The number of carbonyl (C=O) groups excluding carboxylic acids is 1. The lowest BCUT2D eigenvalue weighted by Gasteiger charge is -2.22. The fourth-order valence-corrected chi connectivity index (χ4v) is 4.70. The highest BCUT2D eigenvalue weighted by molar-refractivity contribution is 6.09. The van der Waals surface area contributed by atoms with E-state index in [1.165, 1.54) is 61.9 Å². The van der Waals surface area contributed by atoms with Gasteiger partial charge in [-0.05, 0) is 92.3 Å². The van der Waals surface area contributed by atoms with Crippen molar-refractivity contribution in [3.05, 3.63) is 88.5 Å². The molecule has 1 saturated carbocycles. The Morgan fingerprint density at radius 2 is 1.73 bits per heavy atom. The van der Waals surface area contributed by atoms with Crippen molar-refractivity contribution >= 4 is 17.7 Å². The number of nitrogens with one attached hydrogen (secondary N) is 1. The van der Waals surface area contributed by atoms with Crippen LogP contribution in [0.15, 0.2) is 60.2 Å². The summed E-state index contributed by atoms with van der Waals surface area (Å²) < 4.78 is 15.2. The average molecular weight is 442 g/mol. The molecule has 0 spiro atoms. The largest absolute Gasteiger partial charge is 0.321 e. The second-order valence-corrected chi connectivity index (χ2v) is 8.72. The van der Waals surface area contributed by atoms with Crippen LogP contribution in [-0.4, -0.2) is 10.5 Å². The van der Waals surface area contributed by atoms with Crippen LogP contribution in [-0.2, 0) is 4.79 Å². The molecule has 33 heavy (non-hydrogen) atoms. The van der Waals surface area contributed by atoms with Gasteiger partial charge in [-0.25, -0.2) is 4.39 Å². The third-order valence-corrected chi connectivity index (χ3v) is 6.47. The summed E-state index contributed by atoms with van der Waals surface area (Å²) in [7, 11) is 0. The molecule has 3 aromatic rings. The molecule has 0 radical (unpaired) electrons.